The molecule has 0 spiro atoms. The maximum atomic E-state index is 13.8. The zero-order valence-electron chi connectivity index (χ0n) is 14.0. The molecule has 0 aliphatic rings. The lowest BCUT2D eigenvalue weighted by Crippen LogP contribution is -2.23. The zero-order chi connectivity index (χ0) is 20.3. The van der Waals surface area contributed by atoms with Crippen LogP contribution in [-0.2, 0) is 6.54 Å². The van der Waals surface area contributed by atoms with Crippen molar-refractivity contribution in [2.45, 2.75) is 12.7 Å². The van der Waals surface area contributed by atoms with Gasteiger partial charge in [-0.3, -0.25) is 4.79 Å². The molecule has 0 bridgehead atoms. The standard InChI is InChI=1S/C17H11F5N4O2/c18-12-1-2-13(19)10(5-12)8-26-15(27)4-3-14(25-26)11-6-23-16(24-7-11)28-9-17(20,21)22/h1-7H,8-9H2. The summed E-state index contributed by atoms with van der Waals surface area (Å²) >= 11 is 0. The molecule has 28 heavy (non-hydrogen) atoms. The van der Waals surface area contributed by atoms with E-state index in [0.29, 0.717) is 0 Å². The minimum absolute atomic E-state index is 0.0705. The van der Waals surface area contributed by atoms with Crippen LogP contribution in [0.1, 0.15) is 5.56 Å². The third kappa shape index (κ3) is 4.87. The van der Waals surface area contributed by atoms with Crippen LogP contribution in [0.15, 0.2) is 47.5 Å². The van der Waals surface area contributed by atoms with E-state index >= 15 is 0 Å². The van der Waals surface area contributed by atoms with Gasteiger partial charge in [-0.2, -0.15) is 18.3 Å². The van der Waals surface area contributed by atoms with Gasteiger partial charge >= 0.3 is 12.2 Å². The van der Waals surface area contributed by atoms with Gasteiger partial charge in [-0.15, -0.1) is 0 Å². The highest BCUT2D eigenvalue weighted by Crippen LogP contribution is 2.18. The average Bonchev–Trinajstić information content (AvgIpc) is 2.65. The zero-order valence-corrected chi connectivity index (χ0v) is 14.0. The molecule has 0 unspecified atom stereocenters. The number of halogens is 5. The van der Waals surface area contributed by atoms with Gasteiger partial charge in [-0.25, -0.2) is 23.4 Å². The number of hydrogen-bond donors (Lipinski definition) is 0. The Kier molecular flexibility index (Phi) is 5.34. The summed E-state index contributed by atoms with van der Waals surface area (Å²) in [5, 5.41) is 4.04. The van der Waals surface area contributed by atoms with Gasteiger partial charge in [0.1, 0.15) is 11.6 Å². The predicted molar refractivity (Wildman–Crippen MR) is 86.5 cm³/mol. The van der Waals surface area contributed by atoms with E-state index < -0.39 is 36.0 Å². The molecule has 0 N–H and O–H groups in total. The van der Waals surface area contributed by atoms with Gasteiger partial charge in [0.2, 0.25) is 0 Å². The van der Waals surface area contributed by atoms with Crippen LogP contribution in [0, 0.1) is 11.6 Å². The molecule has 146 valence electrons. The van der Waals surface area contributed by atoms with E-state index in [1.165, 1.54) is 18.5 Å². The fourth-order valence-corrected chi connectivity index (χ4v) is 2.21. The second kappa shape index (κ2) is 7.71. The Morgan fingerprint density at radius 3 is 2.43 bits per heavy atom. The highest BCUT2D eigenvalue weighted by atomic mass is 19.4. The number of ether oxygens (including phenoxy) is 1. The fraction of sp³-hybridized carbons (Fsp3) is 0.176. The third-order valence-electron chi connectivity index (χ3n) is 3.48. The second-order valence-electron chi connectivity index (χ2n) is 5.61. The van der Waals surface area contributed by atoms with E-state index in [1.807, 2.05) is 0 Å². The Bertz CT molecular complexity index is 1030. The first-order valence-electron chi connectivity index (χ1n) is 7.75. The molecule has 0 atom stereocenters. The molecule has 11 heteroatoms. The maximum absolute atomic E-state index is 13.8. The number of benzene rings is 1. The lowest BCUT2D eigenvalue weighted by molar-refractivity contribution is -0.154. The van der Waals surface area contributed by atoms with Gasteiger partial charge < -0.3 is 4.74 Å². The van der Waals surface area contributed by atoms with Gasteiger partial charge in [0.05, 0.1) is 12.2 Å². The van der Waals surface area contributed by atoms with Gasteiger partial charge in [-0.1, -0.05) is 0 Å². The Morgan fingerprint density at radius 2 is 1.75 bits per heavy atom. The first-order chi connectivity index (χ1) is 13.2. The molecule has 0 fully saturated rings. The molecular weight excluding hydrogens is 387 g/mol. The number of nitrogens with zero attached hydrogens (tertiary/aromatic N) is 4. The van der Waals surface area contributed by atoms with Crippen molar-refractivity contribution in [3.63, 3.8) is 0 Å². The lowest BCUT2D eigenvalue weighted by Gasteiger charge is -2.09. The van der Waals surface area contributed by atoms with Gasteiger partial charge in [0, 0.05) is 29.6 Å². The Morgan fingerprint density at radius 1 is 1.04 bits per heavy atom. The summed E-state index contributed by atoms with van der Waals surface area (Å²) in [5.74, 6) is -1.36. The van der Waals surface area contributed by atoms with Crippen molar-refractivity contribution in [1.29, 1.82) is 0 Å². The molecule has 1 aromatic carbocycles. The van der Waals surface area contributed by atoms with E-state index in [-0.39, 0.29) is 23.4 Å². The molecule has 3 rings (SSSR count). The predicted octanol–water partition coefficient (Wildman–Crippen LogP) is 2.97. The van der Waals surface area contributed by atoms with Crippen molar-refractivity contribution in [2.24, 2.45) is 0 Å². The summed E-state index contributed by atoms with van der Waals surface area (Å²) in [4.78, 5) is 19.3. The summed E-state index contributed by atoms with van der Waals surface area (Å²) in [5.41, 5.74) is -0.135. The van der Waals surface area contributed by atoms with Crippen LogP contribution in [-0.4, -0.2) is 32.5 Å². The molecule has 0 amide bonds. The van der Waals surface area contributed by atoms with Crippen molar-refractivity contribution >= 4 is 0 Å². The maximum Gasteiger partial charge on any atom is 0.422 e. The number of hydrogen-bond acceptors (Lipinski definition) is 5. The molecule has 0 saturated heterocycles. The Labute approximate surface area is 154 Å². The van der Waals surface area contributed by atoms with Crippen LogP contribution in [0.3, 0.4) is 0 Å². The first-order valence-corrected chi connectivity index (χ1v) is 7.75. The molecule has 0 saturated carbocycles. The van der Waals surface area contributed by atoms with E-state index in [4.69, 9.17) is 0 Å². The highest BCUT2D eigenvalue weighted by molar-refractivity contribution is 5.55. The van der Waals surface area contributed by atoms with Crippen molar-refractivity contribution < 1.29 is 26.7 Å². The minimum Gasteiger partial charge on any atom is -0.454 e. The van der Waals surface area contributed by atoms with E-state index in [2.05, 4.69) is 19.8 Å². The quantitative estimate of drug-likeness (QED) is 0.618. The molecule has 0 aliphatic carbocycles. The lowest BCUT2D eigenvalue weighted by atomic mass is 10.2. The van der Waals surface area contributed by atoms with Gasteiger partial charge in [-0.05, 0) is 24.3 Å². The van der Waals surface area contributed by atoms with Crippen LogP contribution < -0.4 is 10.3 Å². The molecule has 3 aromatic rings. The molecule has 0 aliphatic heterocycles. The molecule has 2 aromatic heterocycles. The summed E-state index contributed by atoms with van der Waals surface area (Å²) in [6, 6.07) is 4.87. The summed E-state index contributed by atoms with van der Waals surface area (Å²) in [7, 11) is 0. The van der Waals surface area contributed by atoms with Crippen molar-refractivity contribution in [3.8, 4) is 17.3 Å². The third-order valence-corrected chi connectivity index (χ3v) is 3.48. The monoisotopic (exact) mass is 398 g/mol. The second-order valence-corrected chi connectivity index (χ2v) is 5.61. The van der Waals surface area contributed by atoms with Crippen molar-refractivity contribution in [2.75, 3.05) is 6.61 Å². The molecular formula is C17H11F5N4O2. The summed E-state index contributed by atoms with van der Waals surface area (Å²) < 4.78 is 68.8. The smallest absolute Gasteiger partial charge is 0.422 e. The Balaban J connectivity index is 1.83. The Hall–Kier alpha value is -3.37. The van der Waals surface area contributed by atoms with Gasteiger partial charge in [0.25, 0.3) is 5.56 Å². The average molecular weight is 398 g/mol. The van der Waals surface area contributed by atoms with E-state index in [9.17, 15) is 26.7 Å². The fourth-order valence-electron chi connectivity index (χ4n) is 2.21. The van der Waals surface area contributed by atoms with Crippen molar-refractivity contribution in [1.82, 2.24) is 19.7 Å². The number of alkyl halides is 3. The largest absolute Gasteiger partial charge is 0.454 e. The minimum atomic E-state index is -4.52. The highest BCUT2D eigenvalue weighted by Gasteiger charge is 2.28. The summed E-state index contributed by atoms with van der Waals surface area (Å²) in [6.07, 6.45) is -2.19. The molecule has 6 nitrogen and oxygen atoms in total. The van der Waals surface area contributed by atoms with Crippen LogP contribution >= 0.6 is 0 Å². The summed E-state index contributed by atoms with van der Waals surface area (Å²) in [6.45, 7) is -1.85. The molecule has 2 heterocycles. The van der Waals surface area contributed by atoms with Crippen LogP contribution in [0.4, 0.5) is 22.0 Å². The number of rotatable bonds is 5. The first kappa shape index (κ1) is 19.4. The normalized spacial score (nSPS) is 11.5. The topological polar surface area (TPSA) is 69.9 Å². The van der Waals surface area contributed by atoms with Crippen molar-refractivity contribution in [3.05, 3.63) is 70.3 Å². The van der Waals surface area contributed by atoms with E-state index in [1.54, 1.807) is 0 Å². The van der Waals surface area contributed by atoms with Gasteiger partial charge in [0.15, 0.2) is 6.61 Å². The van der Waals surface area contributed by atoms with Crippen LogP contribution in [0.5, 0.6) is 6.01 Å². The number of aromatic nitrogens is 4. The van der Waals surface area contributed by atoms with Crippen LogP contribution in [0.25, 0.3) is 11.3 Å². The van der Waals surface area contributed by atoms with E-state index in [0.717, 1.165) is 28.9 Å². The van der Waals surface area contributed by atoms with Crippen LogP contribution in [0.2, 0.25) is 0 Å². The SMILES string of the molecule is O=c1ccc(-c2cnc(OCC(F)(F)F)nc2)nn1Cc1cc(F)ccc1F. The molecule has 0 radical (unpaired) electrons.